The largest absolute Gasteiger partial charge is 0.370 e. The van der Waals surface area contributed by atoms with Gasteiger partial charge in [0.1, 0.15) is 48.3 Å². The molecule has 3 aliphatic rings. The second-order valence-corrected chi connectivity index (χ2v) is 17.7. The summed E-state index contributed by atoms with van der Waals surface area (Å²) in [5, 5.41) is 26.7. The third-order valence-corrected chi connectivity index (χ3v) is 12.6. The van der Waals surface area contributed by atoms with E-state index in [0.29, 0.717) is 30.4 Å². The van der Waals surface area contributed by atoms with Crippen LogP contribution < -0.4 is 48.7 Å². The molecule has 3 aliphatic heterocycles. The molecule has 3 aromatic carbocycles. The number of benzene rings is 3. The number of guanidine groups is 1. The number of hydrogen-bond donors (Lipinski definition) is 10. The van der Waals surface area contributed by atoms with Crippen LogP contribution in [0.25, 0.3) is 0 Å². The Kier molecular flexibility index (Phi) is 18.2. The summed E-state index contributed by atoms with van der Waals surface area (Å²) in [7, 11) is 0. The number of carbonyl (C=O) groups excluding carboxylic acids is 8. The third kappa shape index (κ3) is 14.1. The van der Waals surface area contributed by atoms with Crippen LogP contribution in [0.15, 0.2) is 91.0 Å². The summed E-state index contributed by atoms with van der Waals surface area (Å²) in [6.45, 7) is 1.65. The Hall–Kier alpha value is -7.35. The minimum atomic E-state index is -1.37. The van der Waals surface area contributed by atoms with Crippen LogP contribution in [0.1, 0.15) is 62.1 Å². The number of carbonyl (C=O) groups is 8. The lowest BCUT2D eigenvalue weighted by molar-refractivity contribution is -0.148. The molecular formula is C49H64N12O8. The Morgan fingerprint density at radius 3 is 1.48 bits per heavy atom. The van der Waals surface area contributed by atoms with Gasteiger partial charge in [0.25, 0.3) is 0 Å². The van der Waals surface area contributed by atoms with Crippen molar-refractivity contribution in [2.24, 2.45) is 11.5 Å². The highest BCUT2D eigenvalue weighted by Gasteiger charge is 2.44. The van der Waals surface area contributed by atoms with E-state index in [1.165, 1.54) is 16.7 Å². The highest BCUT2D eigenvalue weighted by Crippen LogP contribution is 2.26. The zero-order valence-electron chi connectivity index (χ0n) is 38.8. The standard InChI is InChI=1S/C49H64N12O8/c1-30-41(62)58-37(28-33-18-9-4-10-19-33)47(68)61-25-13-22-40(61)48(69)60-24-12-21-39(60)46(67)55-34(20-11-23-53-49(51)52)42(63)56-35(26-31-14-5-2-6-15-31)43(64)57-36(27-32-16-7-3-8-17-32)44(65)59-38(29-50)45(66)54-30/h2-10,14-19,30,34-40H,11-13,20-29,50H2,1H3,(H,54,66)(H,55,67)(H,56,63)(H,57,64)(H,58,62)(H,59,65)(H4,51,52,53)/t30-,34-,35-,36-,37-,38+,39-,40+/m0/s1. The predicted molar refractivity (Wildman–Crippen MR) is 255 cm³/mol. The lowest BCUT2D eigenvalue weighted by Gasteiger charge is -2.34. The van der Waals surface area contributed by atoms with Gasteiger partial charge in [-0.05, 0) is 62.1 Å². The van der Waals surface area contributed by atoms with Crippen molar-refractivity contribution in [3.8, 4) is 0 Å². The van der Waals surface area contributed by atoms with Crippen LogP contribution in [-0.4, -0.2) is 138 Å². The molecule has 20 heteroatoms. The van der Waals surface area contributed by atoms with E-state index in [1.54, 1.807) is 84.9 Å². The zero-order chi connectivity index (χ0) is 49.5. The van der Waals surface area contributed by atoms with Crippen molar-refractivity contribution in [2.75, 3.05) is 26.2 Å². The molecule has 0 radical (unpaired) electrons. The number of amides is 8. The van der Waals surface area contributed by atoms with Crippen LogP contribution in [-0.2, 0) is 57.6 Å². The normalized spacial score (nSPS) is 25.7. The Morgan fingerprint density at radius 1 is 0.551 bits per heavy atom. The van der Waals surface area contributed by atoms with Gasteiger partial charge in [-0.25, -0.2) is 0 Å². The second-order valence-electron chi connectivity index (χ2n) is 17.7. The molecule has 0 aliphatic carbocycles. The second kappa shape index (κ2) is 24.6. The predicted octanol–water partition coefficient (Wildman–Crippen LogP) is -1.14. The van der Waals surface area contributed by atoms with Gasteiger partial charge < -0.3 is 58.5 Å². The molecule has 0 bridgehead atoms. The fourth-order valence-corrected chi connectivity index (χ4v) is 8.94. The fraction of sp³-hybridized carbons (Fsp3) is 0.449. The van der Waals surface area contributed by atoms with Crippen molar-refractivity contribution in [2.45, 2.75) is 113 Å². The summed E-state index contributed by atoms with van der Waals surface area (Å²) in [6.07, 6.45) is 1.86. The lowest BCUT2D eigenvalue weighted by atomic mass is 10.0. The van der Waals surface area contributed by atoms with Gasteiger partial charge in [0.15, 0.2) is 5.96 Å². The van der Waals surface area contributed by atoms with Gasteiger partial charge in [-0.15, -0.1) is 0 Å². The van der Waals surface area contributed by atoms with E-state index in [0.717, 1.165) is 5.56 Å². The van der Waals surface area contributed by atoms with Gasteiger partial charge in [-0.2, -0.15) is 0 Å². The first-order chi connectivity index (χ1) is 33.2. The van der Waals surface area contributed by atoms with E-state index in [1.807, 2.05) is 6.07 Å². The number of hydrogen-bond acceptors (Lipinski definition) is 10. The smallest absolute Gasteiger partial charge is 0.246 e. The van der Waals surface area contributed by atoms with Crippen molar-refractivity contribution in [1.82, 2.24) is 47.0 Å². The lowest BCUT2D eigenvalue weighted by Crippen LogP contribution is -2.62. The number of fused-ring (bicyclic) bond motifs is 2. The van der Waals surface area contributed by atoms with E-state index in [-0.39, 0.29) is 64.1 Å². The SMILES string of the molecule is C[C@@H]1NC(=O)[C@@H](CN)NC(=O)[C@H](Cc2ccccc2)NC(=O)[C@H](Cc2ccccc2)NC(=O)[C@H](CCCNC(=N)N)NC(=O)[C@@H]2CCCN2C(=O)[C@H]2CCCN2C(=O)[C@H](Cc2ccccc2)NC1=O. The van der Waals surface area contributed by atoms with Gasteiger partial charge in [0.2, 0.25) is 47.3 Å². The number of nitrogens with two attached hydrogens (primary N) is 2. The first kappa shape index (κ1) is 51.0. The molecule has 0 saturated carbocycles. The van der Waals surface area contributed by atoms with Crippen molar-refractivity contribution >= 4 is 53.2 Å². The van der Waals surface area contributed by atoms with Crippen LogP contribution >= 0.6 is 0 Å². The summed E-state index contributed by atoms with van der Waals surface area (Å²) >= 11 is 0. The van der Waals surface area contributed by atoms with Gasteiger partial charge in [0.05, 0.1) is 0 Å². The summed E-state index contributed by atoms with van der Waals surface area (Å²) in [5.41, 5.74) is 13.6. The molecular weight excluding hydrogens is 885 g/mol. The molecule has 3 fully saturated rings. The summed E-state index contributed by atoms with van der Waals surface area (Å²) < 4.78 is 0. The molecule has 0 spiro atoms. The van der Waals surface area contributed by atoms with Gasteiger partial charge >= 0.3 is 0 Å². The maximum Gasteiger partial charge on any atom is 0.246 e. The Bertz CT molecular complexity index is 2300. The molecule has 8 amide bonds. The number of nitrogens with zero attached hydrogens (tertiary/aromatic N) is 2. The van der Waals surface area contributed by atoms with E-state index in [9.17, 15) is 38.4 Å². The van der Waals surface area contributed by atoms with Crippen molar-refractivity contribution < 1.29 is 38.4 Å². The van der Waals surface area contributed by atoms with Crippen LogP contribution in [0, 0.1) is 5.41 Å². The third-order valence-electron chi connectivity index (χ3n) is 12.6. The van der Waals surface area contributed by atoms with Crippen molar-refractivity contribution in [3.05, 3.63) is 108 Å². The molecule has 69 heavy (non-hydrogen) atoms. The topological polar surface area (TPSA) is 303 Å². The quantitative estimate of drug-likeness (QED) is 0.0623. The van der Waals surface area contributed by atoms with Gasteiger partial charge in [-0.3, -0.25) is 43.8 Å². The summed E-state index contributed by atoms with van der Waals surface area (Å²) in [5.74, 6) is -5.59. The van der Waals surface area contributed by atoms with Crippen LogP contribution in [0.4, 0.5) is 0 Å². The van der Waals surface area contributed by atoms with E-state index in [2.05, 4.69) is 37.2 Å². The molecule has 3 saturated heterocycles. The minimum absolute atomic E-state index is 0.0217. The minimum Gasteiger partial charge on any atom is -0.370 e. The Morgan fingerprint density at radius 2 is 0.971 bits per heavy atom. The first-order valence-corrected chi connectivity index (χ1v) is 23.5. The maximum atomic E-state index is 14.6. The van der Waals surface area contributed by atoms with E-state index >= 15 is 0 Å². The zero-order valence-corrected chi connectivity index (χ0v) is 38.8. The number of nitrogens with one attached hydrogen (secondary N) is 8. The molecule has 12 N–H and O–H groups in total. The van der Waals surface area contributed by atoms with Crippen LogP contribution in [0.5, 0.6) is 0 Å². The average molecular weight is 949 g/mol. The van der Waals surface area contributed by atoms with Crippen molar-refractivity contribution in [1.29, 1.82) is 5.41 Å². The Balaban J connectivity index is 1.37. The fourth-order valence-electron chi connectivity index (χ4n) is 8.94. The molecule has 6 rings (SSSR count). The van der Waals surface area contributed by atoms with Crippen LogP contribution in [0.3, 0.4) is 0 Å². The first-order valence-electron chi connectivity index (χ1n) is 23.5. The molecule has 368 valence electrons. The average Bonchev–Trinajstić information content (AvgIpc) is 4.05. The molecule has 20 nitrogen and oxygen atoms in total. The highest BCUT2D eigenvalue weighted by atomic mass is 16.2. The highest BCUT2D eigenvalue weighted by molar-refractivity contribution is 5.99. The maximum absolute atomic E-state index is 14.6. The van der Waals surface area contributed by atoms with Crippen molar-refractivity contribution in [3.63, 3.8) is 0 Å². The summed E-state index contributed by atoms with van der Waals surface area (Å²) in [4.78, 5) is 117. The molecule has 3 aromatic rings. The summed E-state index contributed by atoms with van der Waals surface area (Å²) in [6, 6.07) is 17.2. The molecule has 0 unspecified atom stereocenters. The van der Waals surface area contributed by atoms with Crippen LogP contribution in [0.2, 0.25) is 0 Å². The Labute approximate surface area is 401 Å². The van der Waals surface area contributed by atoms with Gasteiger partial charge in [0, 0.05) is 45.4 Å². The van der Waals surface area contributed by atoms with E-state index < -0.39 is 102 Å². The van der Waals surface area contributed by atoms with Gasteiger partial charge in [-0.1, -0.05) is 91.0 Å². The molecule has 3 heterocycles. The molecule has 8 atom stereocenters. The number of rotatable bonds is 11. The molecule has 0 aromatic heterocycles. The van der Waals surface area contributed by atoms with E-state index in [4.69, 9.17) is 16.9 Å². The monoisotopic (exact) mass is 948 g/mol.